The van der Waals surface area contributed by atoms with Gasteiger partial charge in [-0.2, -0.15) is 5.26 Å². The van der Waals surface area contributed by atoms with E-state index in [0.29, 0.717) is 5.92 Å². The molecule has 3 atom stereocenters. The molecule has 3 nitrogen and oxygen atoms in total. The minimum atomic E-state index is 0.0287. The molecule has 114 valence electrons. The maximum absolute atomic E-state index is 9.30. The fourth-order valence-electron chi connectivity index (χ4n) is 2.99. The van der Waals surface area contributed by atoms with E-state index in [-0.39, 0.29) is 12.0 Å². The summed E-state index contributed by atoms with van der Waals surface area (Å²) in [5.74, 6) is 1.60. The van der Waals surface area contributed by atoms with E-state index in [2.05, 4.69) is 25.1 Å². The van der Waals surface area contributed by atoms with Crippen molar-refractivity contribution in [2.75, 3.05) is 13.7 Å². The smallest absolute Gasteiger partial charge is 0.119 e. The van der Waals surface area contributed by atoms with Crippen molar-refractivity contribution in [2.45, 2.75) is 45.1 Å². The number of hydrogen-bond acceptors (Lipinski definition) is 3. The third kappa shape index (κ3) is 4.47. The number of nitriles is 1. The normalized spacial score (nSPS) is 25.3. The van der Waals surface area contributed by atoms with E-state index in [1.165, 1.54) is 12.0 Å². The number of rotatable bonds is 6. The van der Waals surface area contributed by atoms with Crippen LogP contribution in [0.5, 0.6) is 5.75 Å². The molecule has 0 spiro atoms. The standard InChI is InChI=1S/C18H25NO2/c1-3-14-4-7-16(13-19)18(12-14)21-17-8-5-15(6-9-17)10-11-20-2/h5-6,8-9,14,16,18H,3-4,7,10-12H2,1-2H3. The van der Waals surface area contributed by atoms with E-state index >= 15 is 0 Å². The maximum Gasteiger partial charge on any atom is 0.119 e. The molecule has 0 aliphatic heterocycles. The Hall–Kier alpha value is -1.53. The fraction of sp³-hybridized carbons (Fsp3) is 0.611. The lowest BCUT2D eigenvalue weighted by Crippen LogP contribution is -2.33. The molecule has 0 bridgehead atoms. The van der Waals surface area contributed by atoms with Gasteiger partial charge >= 0.3 is 0 Å². The molecule has 1 aromatic carbocycles. The summed E-state index contributed by atoms with van der Waals surface area (Å²) >= 11 is 0. The first kappa shape index (κ1) is 15.9. The lowest BCUT2D eigenvalue weighted by atomic mass is 9.79. The highest BCUT2D eigenvalue weighted by atomic mass is 16.5. The quantitative estimate of drug-likeness (QED) is 0.795. The number of methoxy groups -OCH3 is 1. The van der Waals surface area contributed by atoms with Gasteiger partial charge in [0.15, 0.2) is 0 Å². The van der Waals surface area contributed by atoms with Crippen LogP contribution in [0.3, 0.4) is 0 Å². The number of nitrogens with zero attached hydrogens (tertiary/aromatic N) is 1. The summed E-state index contributed by atoms with van der Waals surface area (Å²) in [5.41, 5.74) is 1.25. The monoisotopic (exact) mass is 287 g/mol. The summed E-state index contributed by atoms with van der Waals surface area (Å²) in [6.45, 7) is 2.95. The van der Waals surface area contributed by atoms with Gasteiger partial charge in [0, 0.05) is 7.11 Å². The van der Waals surface area contributed by atoms with E-state index in [4.69, 9.17) is 9.47 Å². The molecule has 0 heterocycles. The Kier molecular flexibility index (Phi) is 6.07. The Labute approximate surface area is 127 Å². The largest absolute Gasteiger partial charge is 0.489 e. The van der Waals surface area contributed by atoms with Crippen LogP contribution in [-0.4, -0.2) is 19.8 Å². The summed E-state index contributed by atoms with van der Waals surface area (Å²) in [5, 5.41) is 9.30. The molecule has 21 heavy (non-hydrogen) atoms. The third-order valence-corrected chi connectivity index (χ3v) is 4.45. The highest BCUT2D eigenvalue weighted by Crippen LogP contribution is 2.33. The van der Waals surface area contributed by atoms with Crippen molar-refractivity contribution in [1.82, 2.24) is 0 Å². The molecule has 0 radical (unpaired) electrons. The lowest BCUT2D eigenvalue weighted by Gasteiger charge is -2.32. The van der Waals surface area contributed by atoms with E-state index in [0.717, 1.165) is 38.0 Å². The first-order valence-electron chi connectivity index (χ1n) is 7.91. The zero-order valence-corrected chi connectivity index (χ0v) is 13.0. The van der Waals surface area contributed by atoms with Crippen molar-refractivity contribution in [1.29, 1.82) is 5.26 Å². The molecule has 1 saturated carbocycles. The second-order valence-corrected chi connectivity index (χ2v) is 5.87. The average Bonchev–Trinajstić information content (AvgIpc) is 2.54. The highest BCUT2D eigenvalue weighted by molar-refractivity contribution is 5.27. The van der Waals surface area contributed by atoms with E-state index in [9.17, 15) is 5.26 Å². The minimum absolute atomic E-state index is 0.0287. The zero-order valence-electron chi connectivity index (χ0n) is 13.0. The highest BCUT2D eigenvalue weighted by Gasteiger charge is 2.31. The van der Waals surface area contributed by atoms with Crippen LogP contribution < -0.4 is 4.74 Å². The van der Waals surface area contributed by atoms with Gasteiger partial charge in [-0.25, -0.2) is 0 Å². The van der Waals surface area contributed by atoms with Gasteiger partial charge in [0.25, 0.3) is 0 Å². The van der Waals surface area contributed by atoms with Crippen LogP contribution in [0.25, 0.3) is 0 Å². The molecule has 3 heteroatoms. The number of hydrogen-bond donors (Lipinski definition) is 0. The molecule has 0 N–H and O–H groups in total. The first-order valence-corrected chi connectivity index (χ1v) is 7.91. The zero-order chi connectivity index (χ0) is 15.1. The van der Waals surface area contributed by atoms with Gasteiger partial charge in [-0.15, -0.1) is 0 Å². The second-order valence-electron chi connectivity index (χ2n) is 5.87. The summed E-state index contributed by atoms with van der Waals surface area (Å²) in [6.07, 6.45) is 5.25. The number of ether oxygens (including phenoxy) is 2. The van der Waals surface area contributed by atoms with E-state index in [1.54, 1.807) is 7.11 Å². The van der Waals surface area contributed by atoms with Crippen LogP contribution in [0.4, 0.5) is 0 Å². The topological polar surface area (TPSA) is 42.2 Å². The van der Waals surface area contributed by atoms with Crippen LogP contribution in [0.1, 0.15) is 38.2 Å². The predicted octanol–water partition coefficient (Wildman–Crippen LogP) is 3.97. The Balaban J connectivity index is 1.96. The molecule has 1 aliphatic rings. The lowest BCUT2D eigenvalue weighted by molar-refractivity contribution is 0.0892. The van der Waals surface area contributed by atoms with Gasteiger partial charge in [-0.3, -0.25) is 0 Å². The third-order valence-electron chi connectivity index (χ3n) is 4.45. The minimum Gasteiger partial charge on any atom is -0.489 e. The van der Waals surface area contributed by atoms with Gasteiger partial charge in [0.1, 0.15) is 11.9 Å². The fourth-order valence-corrected chi connectivity index (χ4v) is 2.99. The molecular formula is C18H25NO2. The van der Waals surface area contributed by atoms with Crippen molar-refractivity contribution >= 4 is 0 Å². The molecule has 0 saturated heterocycles. The number of benzene rings is 1. The molecule has 1 fully saturated rings. The van der Waals surface area contributed by atoms with Gasteiger partial charge < -0.3 is 9.47 Å². The second kappa shape index (κ2) is 8.05. The molecule has 2 rings (SSSR count). The van der Waals surface area contributed by atoms with Crippen LogP contribution >= 0.6 is 0 Å². The molecule has 0 amide bonds. The Bertz CT molecular complexity index is 463. The van der Waals surface area contributed by atoms with Crippen molar-refractivity contribution in [3.8, 4) is 11.8 Å². The van der Waals surface area contributed by atoms with E-state index in [1.807, 2.05) is 12.1 Å². The Morgan fingerprint density at radius 2 is 2.00 bits per heavy atom. The molecule has 1 aromatic rings. The van der Waals surface area contributed by atoms with Crippen LogP contribution in [0, 0.1) is 23.2 Å². The first-order chi connectivity index (χ1) is 10.3. The Morgan fingerprint density at radius 1 is 1.24 bits per heavy atom. The van der Waals surface area contributed by atoms with E-state index < -0.39 is 0 Å². The van der Waals surface area contributed by atoms with Crippen molar-refractivity contribution < 1.29 is 9.47 Å². The van der Waals surface area contributed by atoms with Gasteiger partial charge in [0.05, 0.1) is 18.6 Å². The maximum atomic E-state index is 9.30. The van der Waals surface area contributed by atoms with Gasteiger partial charge in [0.2, 0.25) is 0 Å². The van der Waals surface area contributed by atoms with Crippen molar-refractivity contribution in [3.05, 3.63) is 29.8 Å². The predicted molar refractivity (Wildman–Crippen MR) is 83.2 cm³/mol. The summed E-state index contributed by atoms with van der Waals surface area (Å²) in [7, 11) is 1.72. The van der Waals surface area contributed by atoms with Crippen LogP contribution in [0.2, 0.25) is 0 Å². The molecular weight excluding hydrogens is 262 g/mol. The SMILES string of the molecule is CCC1CCC(C#N)C(Oc2ccc(CCOC)cc2)C1. The van der Waals surface area contributed by atoms with Crippen LogP contribution in [0.15, 0.2) is 24.3 Å². The van der Waals surface area contributed by atoms with Crippen molar-refractivity contribution in [3.63, 3.8) is 0 Å². The average molecular weight is 287 g/mol. The van der Waals surface area contributed by atoms with Gasteiger partial charge in [-0.05, 0) is 49.3 Å². The van der Waals surface area contributed by atoms with Crippen LogP contribution in [-0.2, 0) is 11.2 Å². The Morgan fingerprint density at radius 3 is 2.62 bits per heavy atom. The molecule has 1 aliphatic carbocycles. The van der Waals surface area contributed by atoms with Crippen molar-refractivity contribution in [2.24, 2.45) is 11.8 Å². The molecule has 3 unspecified atom stereocenters. The summed E-state index contributed by atoms with van der Waals surface area (Å²) in [6, 6.07) is 10.6. The summed E-state index contributed by atoms with van der Waals surface area (Å²) in [4.78, 5) is 0. The molecule has 0 aromatic heterocycles. The van der Waals surface area contributed by atoms with Gasteiger partial charge in [-0.1, -0.05) is 25.5 Å². The summed E-state index contributed by atoms with van der Waals surface area (Å²) < 4.78 is 11.2.